The largest absolute Gasteiger partial charge is 0.494 e. The van der Waals surface area contributed by atoms with Gasteiger partial charge in [-0.15, -0.1) is 0 Å². The molecule has 7 nitrogen and oxygen atoms in total. The van der Waals surface area contributed by atoms with Crippen molar-refractivity contribution in [2.75, 3.05) is 18.1 Å². The summed E-state index contributed by atoms with van der Waals surface area (Å²) < 4.78 is 5.50. The molecule has 1 N–H and O–H groups in total. The number of para-hydroxylation sites is 1. The molecule has 7 heteroatoms. The average molecular weight is 498 g/mol. The fourth-order valence-corrected chi connectivity index (χ4v) is 5.15. The van der Waals surface area contributed by atoms with Crippen LogP contribution in [-0.4, -0.2) is 41.8 Å². The maximum absolute atomic E-state index is 13.6. The van der Waals surface area contributed by atoms with Crippen molar-refractivity contribution in [2.45, 2.75) is 45.3 Å². The van der Waals surface area contributed by atoms with Crippen molar-refractivity contribution >= 4 is 23.4 Å². The van der Waals surface area contributed by atoms with E-state index in [0.717, 1.165) is 23.3 Å². The summed E-state index contributed by atoms with van der Waals surface area (Å²) in [6.45, 7) is 5.36. The van der Waals surface area contributed by atoms with E-state index in [0.29, 0.717) is 36.4 Å². The van der Waals surface area contributed by atoms with Gasteiger partial charge in [0.1, 0.15) is 11.8 Å². The topological polar surface area (TPSA) is 79.0 Å². The quantitative estimate of drug-likeness (QED) is 0.512. The lowest BCUT2D eigenvalue weighted by Gasteiger charge is -2.26. The second-order valence-electron chi connectivity index (χ2n) is 9.50. The molecule has 2 atom stereocenters. The van der Waals surface area contributed by atoms with Gasteiger partial charge >= 0.3 is 0 Å². The van der Waals surface area contributed by atoms with Crippen LogP contribution in [0.25, 0.3) is 0 Å². The van der Waals surface area contributed by atoms with Crippen molar-refractivity contribution in [3.05, 3.63) is 95.1 Å². The number of nitrogens with one attached hydrogen (secondary N) is 1. The third kappa shape index (κ3) is 4.94. The van der Waals surface area contributed by atoms with Gasteiger partial charge in [0.05, 0.1) is 30.4 Å². The maximum atomic E-state index is 13.6. The number of amides is 3. The van der Waals surface area contributed by atoms with E-state index < -0.39 is 6.04 Å². The number of rotatable bonds is 7. The molecule has 0 spiro atoms. The Morgan fingerprint density at radius 3 is 2.62 bits per heavy atom. The summed E-state index contributed by atoms with van der Waals surface area (Å²) in [6.07, 6.45) is 1.49. The van der Waals surface area contributed by atoms with Gasteiger partial charge in [-0.2, -0.15) is 0 Å². The van der Waals surface area contributed by atoms with E-state index in [1.54, 1.807) is 21.9 Å². The number of hydrogen-bond donors (Lipinski definition) is 1. The zero-order chi connectivity index (χ0) is 25.9. The van der Waals surface area contributed by atoms with Gasteiger partial charge in [0, 0.05) is 12.1 Å². The molecule has 3 aromatic carbocycles. The van der Waals surface area contributed by atoms with Crippen LogP contribution in [0.4, 0.5) is 5.69 Å². The number of nitrogens with zero attached hydrogens (tertiary/aromatic N) is 2. The molecule has 2 aliphatic rings. The molecule has 0 aliphatic carbocycles. The van der Waals surface area contributed by atoms with E-state index in [9.17, 15) is 14.4 Å². The van der Waals surface area contributed by atoms with Crippen molar-refractivity contribution < 1.29 is 19.1 Å². The Labute approximate surface area is 217 Å². The Bertz CT molecular complexity index is 1320. The Balaban J connectivity index is 1.35. The van der Waals surface area contributed by atoms with Crippen molar-refractivity contribution in [1.29, 1.82) is 0 Å². The maximum Gasteiger partial charge on any atom is 0.256 e. The van der Waals surface area contributed by atoms with Crippen LogP contribution < -0.4 is 15.0 Å². The molecule has 0 radical (unpaired) electrons. The summed E-state index contributed by atoms with van der Waals surface area (Å²) >= 11 is 0. The lowest BCUT2D eigenvalue weighted by molar-refractivity contribution is -0.122. The first-order chi connectivity index (χ1) is 18.0. The van der Waals surface area contributed by atoms with Crippen molar-refractivity contribution in [2.24, 2.45) is 0 Å². The minimum absolute atomic E-state index is 0.0743. The molecule has 0 saturated carbocycles. The Hall–Kier alpha value is -4.13. The van der Waals surface area contributed by atoms with Gasteiger partial charge in [0.25, 0.3) is 11.8 Å². The third-order valence-corrected chi connectivity index (χ3v) is 7.06. The minimum atomic E-state index is -0.443. The summed E-state index contributed by atoms with van der Waals surface area (Å²) in [4.78, 5) is 43.2. The summed E-state index contributed by atoms with van der Waals surface area (Å²) in [5.74, 6) is 0.438. The lowest BCUT2D eigenvalue weighted by Crippen LogP contribution is -2.44. The van der Waals surface area contributed by atoms with Gasteiger partial charge in [0.2, 0.25) is 5.91 Å². The van der Waals surface area contributed by atoms with Gasteiger partial charge in [0.15, 0.2) is 0 Å². The predicted octanol–water partition coefficient (Wildman–Crippen LogP) is 4.73. The van der Waals surface area contributed by atoms with E-state index in [1.807, 2.05) is 74.5 Å². The van der Waals surface area contributed by atoms with Gasteiger partial charge in [-0.3, -0.25) is 14.4 Å². The normalized spacial score (nSPS) is 17.6. The predicted molar refractivity (Wildman–Crippen MR) is 142 cm³/mol. The summed E-state index contributed by atoms with van der Waals surface area (Å²) in [5, 5.41) is 3.05. The first kappa shape index (κ1) is 24.6. The zero-order valence-corrected chi connectivity index (χ0v) is 21.1. The molecule has 37 heavy (non-hydrogen) atoms. The lowest BCUT2D eigenvalue weighted by atomic mass is 10.1. The van der Waals surface area contributed by atoms with Crippen LogP contribution in [0, 0.1) is 0 Å². The summed E-state index contributed by atoms with van der Waals surface area (Å²) in [7, 11) is 0. The second-order valence-corrected chi connectivity index (χ2v) is 9.50. The third-order valence-electron chi connectivity index (χ3n) is 7.06. The number of ether oxygens (including phenoxy) is 1. The molecule has 190 valence electrons. The minimum Gasteiger partial charge on any atom is -0.494 e. The van der Waals surface area contributed by atoms with E-state index in [1.165, 1.54) is 0 Å². The van der Waals surface area contributed by atoms with Crippen LogP contribution in [0.3, 0.4) is 0 Å². The molecule has 1 saturated heterocycles. The van der Waals surface area contributed by atoms with E-state index in [4.69, 9.17) is 4.74 Å². The zero-order valence-electron chi connectivity index (χ0n) is 21.1. The molecular weight excluding hydrogens is 466 g/mol. The van der Waals surface area contributed by atoms with E-state index >= 15 is 0 Å². The molecule has 0 aromatic heterocycles. The number of benzene rings is 3. The second kappa shape index (κ2) is 10.5. The van der Waals surface area contributed by atoms with Gasteiger partial charge in [-0.05, 0) is 74.2 Å². The summed E-state index contributed by atoms with van der Waals surface area (Å²) in [6, 6.07) is 21.6. The SMILES string of the molecule is CCOc1ccc([C@@H](C)NC(=O)c2cccc(CN3C(=O)[C@@H]4CCCN4C(=O)c4ccccc43)c2)cc1. The highest BCUT2D eigenvalue weighted by Gasteiger charge is 2.41. The number of carbonyl (C=O) groups is 3. The van der Waals surface area contributed by atoms with Crippen LogP contribution in [0.2, 0.25) is 0 Å². The number of carbonyl (C=O) groups excluding carboxylic acids is 3. The molecule has 0 unspecified atom stereocenters. The van der Waals surface area contributed by atoms with Gasteiger partial charge < -0.3 is 19.9 Å². The molecule has 3 aromatic rings. The molecule has 0 bridgehead atoms. The van der Waals surface area contributed by atoms with Gasteiger partial charge in [-0.25, -0.2) is 0 Å². The Kier molecular flexibility index (Phi) is 6.95. The van der Waals surface area contributed by atoms with Crippen LogP contribution in [0.15, 0.2) is 72.8 Å². The monoisotopic (exact) mass is 497 g/mol. The Morgan fingerprint density at radius 1 is 1.05 bits per heavy atom. The molecule has 3 amide bonds. The Morgan fingerprint density at radius 2 is 1.84 bits per heavy atom. The standard InChI is InChI=1S/C30H31N3O4/c1-3-37-24-15-13-22(14-16-24)20(2)31-28(34)23-9-6-8-21(18-23)19-33-26-11-5-4-10-25(26)29(35)32-17-7-12-27(32)30(33)36/h4-6,8-11,13-16,18,20,27H,3,7,12,17,19H2,1-2H3,(H,31,34)/t20-,27+/m1/s1. The van der Waals surface area contributed by atoms with E-state index in [-0.39, 0.29) is 30.3 Å². The molecule has 1 fully saturated rings. The highest BCUT2D eigenvalue weighted by molar-refractivity contribution is 6.11. The fourth-order valence-electron chi connectivity index (χ4n) is 5.15. The smallest absolute Gasteiger partial charge is 0.256 e. The number of fused-ring (bicyclic) bond motifs is 2. The van der Waals surface area contributed by atoms with Crippen LogP contribution in [0.5, 0.6) is 5.75 Å². The highest BCUT2D eigenvalue weighted by Crippen LogP contribution is 2.33. The van der Waals surface area contributed by atoms with Crippen LogP contribution in [-0.2, 0) is 11.3 Å². The number of anilines is 1. The first-order valence-electron chi connectivity index (χ1n) is 12.8. The highest BCUT2D eigenvalue weighted by atomic mass is 16.5. The number of hydrogen-bond acceptors (Lipinski definition) is 4. The van der Waals surface area contributed by atoms with Gasteiger partial charge in [-0.1, -0.05) is 36.4 Å². The van der Waals surface area contributed by atoms with Crippen molar-refractivity contribution in [1.82, 2.24) is 10.2 Å². The van der Waals surface area contributed by atoms with Crippen molar-refractivity contribution in [3.63, 3.8) is 0 Å². The first-order valence-corrected chi connectivity index (χ1v) is 12.8. The van der Waals surface area contributed by atoms with Crippen LogP contribution >= 0.6 is 0 Å². The fraction of sp³-hybridized carbons (Fsp3) is 0.300. The average Bonchev–Trinajstić information content (AvgIpc) is 3.39. The van der Waals surface area contributed by atoms with Crippen LogP contribution in [0.1, 0.15) is 64.6 Å². The molecule has 2 aliphatic heterocycles. The van der Waals surface area contributed by atoms with Crippen molar-refractivity contribution in [3.8, 4) is 5.75 Å². The van der Waals surface area contributed by atoms with E-state index in [2.05, 4.69) is 5.32 Å². The summed E-state index contributed by atoms with van der Waals surface area (Å²) in [5.41, 5.74) is 3.47. The molecule has 5 rings (SSSR count). The molecule has 2 heterocycles. The molecular formula is C30H31N3O4.